The van der Waals surface area contributed by atoms with E-state index in [1.54, 1.807) is 17.0 Å². The maximum atomic E-state index is 14.7. The van der Waals surface area contributed by atoms with Crippen LogP contribution in [-0.2, 0) is 4.74 Å². The predicted octanol–water partition coefficient (Wildman–Crippen LogP) is 4.86. The summed E-state index contributed by atoms with van der Waals surface area (Å²) in [5.74, 6) is 0.514. The van der Waals surface area contributed by atoms with E-state index in [9.17, 15) is 9.18 Å². The minimum Gasteiger partial charge on any atom is -0.493 e. The molecule has 1 saturated heterocycles. The molecule has 1 amide bonds. The van der Waals surface area contributed by atoms with Crippen molar-refractivity contribution in [3.63, 3.8) is 0 Å². The summed E-state index contributed by atoms with van der Waals surface area (Å²) in [6.07, 6.45) is 0.532. The van der Waals surface area contributed by atoms with Crippen LogP contribution in [0.4, 0.5) is 9.18 Å². The molecule has 1 fully saturated rings. The molecule has 1 aliphatic rings. The van der Waals surface area contributed by atoms with Crippen molar-refractivity contribution in [2.75, 3.05) is 39.3 Å². The van der Waals surface area contributed by atoms with Gasteiger partial charge in [0, 0.05) is 44.4 Å². The van der Waals surface area contributed by atoms with Gasteiger partial charge in [-0.2, -0.15) is 4.98 Å². The van der Waals surface area contributed by atoms with Crippen LogP contribution in [0.25, 0.3) is 22.8 Å². The van der Waals surface area contributed by atoms with Gasteiger partial charge in [-0.3, -0.25) is 4.90 Å². The highest BCUT2D eigenvalue weighted by molar-refractivity contribution is 5.68. The first-order valence-electron chi connectivity index (χ1n) is 11.8. The van der Waals surface area contributed by atoms with E-state index < -0.39 is 11.4 Å². The van der Waals surface area contributed by atoms with Crippen LogP contribution in [0.5, 0.6) is 5.75 Å². The first-order chi connectivity index (χ1) is 16.8. The van der Waals surface area contributed by atoms with Crippen LogP contribution < -0.4 is 4.74 Å². The Bertz CT molecular complexity index is 1120. The maximum absolute atomic E-state index is 14.7. The minimum atomic E-state index is -0.486. The molecule has 0 bridgehead atoms. The smallest absolute Gasteiger partial charge is 0.410 e. The second-order valence-corrected chi connectivity index (χ2v) is 9.44. The Morgan fingerprint density at radius 2 is 1.83 bits per heavy atom. The Balaban J connectivity index is 1.21. The summed E-state index contributed by atoms with van der Waals surface area (Å²) in [4.78, 5) is 20.5. The molecule has 0 atom stereocenters. The van der Waals surface area contributed by atoms with E-state index in [0.717, 1.165) is 31.6 Å². The van der Waals surface area contributed by atoms with Gasteiger partial charge in [0.2, 0.25) is 5.82 Å². The molecule has 3 aromatic rings. The number of aromatic nitrogens is 2. The van der Waals surface area contributed by atoms with Crippen molar-refractivity contribution in [1.82, 2.24) is 19.9 Å². The van der Waals surface area contributed by atoms with Crippen LogP contribution >= 0.6 is 0 Å². The monoisotopic (exact) mass is 482 g/mol. The van der Waals surface area contributed by atoms with Gasteiger partial charge in [0.1, 0.15) is 17.2 Å². The van der Waals surface area contributed by atoms with E-state index in [-0.39, 0.29) is 17.5 Å². The first kappa shape index (κ1) is 24.7. The van der Waals surface area contributed by atoms with Gasteiger partial charge in [-0.1, -0.05) is 23.4 Å². The lowest BCUT2D eigenvalue weighted by Gasteiger charge is -2.35. The Labute approximate surface area is 204 Å². The fraction of sp³-hybridized carbons (Fsp3) is 0.423. The number of hydrogen-bond acceptors (Lipinski definition) is 7. The van der Waals surface area contributed by atoms with Crippen LogP contribution in [0, 0.1) is 5.82 Å². The second-order valence-electron chi connectivity index (χ2n) is 9.44. The number of carbonyl (C=O) groups excluding carboxylic acids is 1. The molecule has 0 saturated carbocycles. The summed E-state index contributed by atoms with van der Waals surface area (Å²) < 4.78 is 31.2. The van der Waals surface area contributed by atoms with E-state index >= 15 is 0 Å². The molecule has 0 aliphatic carbocycles. The fourth-order valence-electron chi connectivity index (χ4n) is 3.76. The molecule has 186 valence electrons. The Hall–Kier alpha value is -3.46. The zero-order valence-corrected chi connectivity index (χ0v) is 20.4. The molecule has 0 radical (unpaired) electrons. The third-order valence-electron chi connectivity index (χ3n) is 5.54. The Morgan fingerprint density at radius 3 is 2.51 bits per heavy atom. The van der Waals surface area contributed by atoms with Crippen molar-refractivity contribution >= 4 is 6.09 Å². The zero-order chi connectivity index (χ0) is 24.8. The van der Waals surface area contributed by atoms with Gasteiger partial charge >= 0.3 is 6.09 Å². The highest BCUT2D eigenvalue weighted by Gasteiger charge is 2.25. The van der Waals surface area contributed by atoms with E-state index in [1.165, 1.54) is 6.07 Å². The lowest BCUT2D eigenvalue weighted by Crippen LogP contribution is -2.50. The van der Waals surface area contributed by atoms with Crippen LogP contribution in [0.1, 0.15) is 27.2 Å². The summed E-state index contributed by atoms with van der Waals surface area (Å²) in [6.45, 7) is 9.78. The highest BCUT2D eigenvalue weighted by Crippen LogP contribution is 2.26. The van der Waals surface area contributed by atoms with Crippen molar-refractivity contribution in [3.05, 3.63) is 54.3 Å². The number of nitrogens with zero attached hydrogens (tertiary/aromatic N) is 4. The van der Waals surface area contributed by atoms with Gasteiger partial charge in [0.15, 0.2) is 0 Å². The van der Waals surface area contributed by atoms with Gasteiger partial charge in [-0.15, -0.1) is 0 Å². The Kier molecular flexibility index (Phi) is 7.65. The summed E-state index contributed by atoms with van der Waals surface area (Å²) in [5.41, 5.74) is 0.545. The molecular weight excluding hydrogens is 451 g/mol. The highest BCUT2D eigenvalue weighted by atomic mass is 19.1. The lowest BCUT2D eigenvalue weighted by molar-refractivity contribution is 0.0142. The van der Waals surface area contributed by atoms with Crippen LogP contribution in [0.3, 0.4) is 0 Å². The largest absolute Gasteiger partial charge is 0.493 e. The quantitative estimate of drug-likeness (QED) is 0.445. The fourth-order valence-corrected chi connectivity index (χ4v) is 3.76. The van der Waals surface area contributed by atoms with E-state index in [0.29, 0.717) is 31.3 Å². The van der Waals surface area contributed by atoms with Crippen molar-refractivity contribution in [2.24, 2.45) is 0 Å². The average molecular weight is 483 g/mol. The molecule has 1 aromatic heterocycles. The van der Waals surface area contributed by atoms with Crippen molar-refractivity contribution in [3.8, 4) is 28.6 Å². The minimum absolute atomic E-state index is 0.193. The molecule has 0 unspecified atom stereocenters. The number of ether oxygens (including phenoxy) is 2. The predicted molar refractivity (Wildman–Crippen MR) is 129 cm³/mol. The number of piperazine rings is 1. The average Bonchev–Trinajstić information content (AvgIpc) is 3.32. The molecule has 2 heterocycles. The van der Waals surface area contributed by atoms with Gasteiger partial charge in [-0.25, -0.2) is 9.18 Å². The van der Waals surface area contributed by atoms with Crippen LogP contribution in [-0.4, -0.2) is 71.0 Å². The number of rotatable bonds is 7. The number of hydrogen-bond donors (Lipinski definition) is 0. The molecule has 1 aliphatic heterocycles. The maximum Gasteiger partial charge on any atom is 0.410 e. The van der Waals surface area contributed by atoms with Gasteiger partial charge in [0.05, 0.1) is 12.2 Å². The van der Waals surface area contributed by atoms with Crippen LogP contribution in [0.2, 0.25) is 0 Å². The third kappa shape index (κ3) is 6.79. The topological polar surface area (TPSA) is 80.9 Å². The van der Waals surface area contributed by atoms with Gasteiger partial charge < -0.3 is 18.9 Å². The van der Waals surface area contributed by atoms with Crippen molar-refractivity contribution in [2.45, 2.75) is 32.8 Å². The summed E-state index contributed by atoms with van der Waals surface area (Å²) in [6, 6.07) is 14.0. The van der Waals surface area contributed by atoms with Crippen LogP contribution in [0.15, 0.2) is 53.1 Å². The van der Waals surface area contributed by atoms with E-state index in [2.05, 4.69) is 15.0 Å². The summed E-state index contributed by atoms with van der Waals surface area (Å²) in [7, 11) is 0. The SMILES string of the molecule is CC(C)(C)OC(=O)N1CCN(CCCOc2ccc(-c3noc(-c4ccccc4)n3)c(F)c2)CC1. The molecule has 35 heavy (non-hydrogen) atoms. The first-order valence-corrected chi connectivity index (χ1v) is 11.8. The van der Waals surface area contributed by atoms with E-state index in [4.69, 9.17) is 14.0 Å². The zero-order valence-electron chi connectivity index (χ0n) is 20.4. The molecular formula is C26H31FN4O4. The van der Waals surface area contributed by atoms with Gasteiger partial charge in [0.25, 0.3) is 5.89 Å². The number of halogens is 1. The molecule has 2 aromatic carbocycles. The Morgan fingerprint density at radius 1 is 1.09 bits per heavy atom. The third-order valence-corrected chi connectivity index (χ3v) is 5.54. The lowest BCUT2D eigenvalue weighted by atomic mass is 10.2. The number of amides is 1. The molecule has 4 rings (SSSR count). The summed E-state index contributed by atoms with van der Waals surface area (Å²) >= 11 is 0. The second kappa shape index (κ2) is 10.9. The van der Waals surface area contributed by atoms with E-state index in [1.807, 2.05) is 51.1 Å². The van der Waals surface area contributed by atoms with Crippen molar-refractivity contribution in [1.29, 1.82) is 0 Å². The summed E-state index contributed by atoms with van der Waals surface area (Å²) in [5, 5.41) is 3.91. The molecule has 0 spiro atoms. The normalized spacial score (nSPS) is 14.7. The standard InChI is InChI=1S/C26H31FN4O4/c1-26(2,3)34-25(32)31-15-13-30(14-16-31)12-7-17-33-20-10-11-21(22(27)18-20)23-28-24(35-29-23)19-8-5-4-6-9-19/h4-6,8-11,18H,7,12-17H2,1-3H3. The molecule has 0 N–H and O–H groups in total. The van der Waals surface area contributed by atoms with Gasteiger partial charge in [-0.05, 0) is 51.5 Å². The number of benzene rings is 2. The number of carbonyl (C=O) groups is 1. The molecule has 8 nitrogen and oxygen atoms in total. The molecule has 9 heteroatoms. The van der Waals surface area contributed by atoms with Crippen molar-refractivity contribution < 1.29 is 23.2 Å².